The van der Waals surface area contributed by atoms with Crippen molar-refractivity contribution in [1.29, 1.82) is 0 Å². The lowest BCUT2D eigenvalue weighted by molar-refractivity contribution is -0.129. The molecule has 0 spiro atoms. The van der Waals surface area contributed by atoms with Crippen LogP contribution in [-0.4, -0.2) is 23.2 Å². The van der Waals surface area contributed by atoms with Crippen LogP contribution in [0.3, 0.4) is 0 Å². The molecule has 3 heteroatoms. The molecular formula is C9H19NO2. The molecule has 0 saturated carbocycles. The molecule has 0 aromatic carbocycles. The van der Waals surface area contributed by atoms with E-state index in [0.29, 0.717) is 0 Å². The number of hydrogen-bond donors (Lipinski definition) is 2. The Morgan fingerprint density at radius 3 is 2.00 bits per heavy atom. The van der Waals surface area contributed by atoms with Crippen molar-refractivity contribution in [2.24, 2.45) is 5.41 Å². The lowest BCUT2D eigenvalue weighted by atomic mass is 9.88. The second-order valence-corrected chi connectivity index (χ2v) is 4.27. The van der Waals surface area contributed by atoms with E-state index in [-0.39, 0.29) is 17.4 Å². The summed E-state index contributed by atoms with van der Waals surface area (Å²) < 4.78 is 0. The SMILES string of the molecule is C[C@H](NC(=O)[C@@H](C)O)C(C)(C)C. The summed E-state index contributed by atoms with van der Waals surface area (Å²) in [6, 6.07) is 0.0691. The Morgan fingerprint density at radius 2 is 1.75 bits per heavy atom. The molecule has 0 saturated heterocycles. The van der Waals surface area contributed by atoms with Gasteiger partial charge in [0.15, 0.2) is 0 Å². The van der Waals surface area contributed by atoms with Crippen molar-refractivity contribution in [3.63, 3.8) is 0 Å². The zero-order valence-corrected chi connectivity index (χ0v) is 8.51. The summed E-state index contributed by atoms with van der Waals surface area (Å²) in [6.45, 7) is 9.52. The first-order valence-corrected chi connectivity index (χ1v) is 4.23. The largest absolute Gasteiger partial charge is 0.384 e. The number of nitrogens with one attached hydrogen (secondary N) is 1. The number of hydrogen-bond acceptors (Lipinski definition) is 2. The van der Waals surface area contributed by atoms with Gasteiger partial charge in [-0.1, -0.05) is 20.8 Å². The van der Waals surface area contributed by atoms with Gasteiger partial charge in [-0.2, -0.15) is 0 Å². The van der Waals surface area contributed by atoms with Crippen molar-refractivity contribution in [3.8, 4) is 0 Å². The molecule has 3 nitrogen and oxygen atoms in total. The number of aliphatic hydroxyl groups is 1. The van der Waals surface area contributed by atoms with Crippen LogP contribution < -0.4 is 5.32 Å². The average molecular weight is 173 g/mol. The zero-order chi connectivity index (χ0) is 9.94. The Bertz CT molecular complexity index is 158. The predicted molar refractivity (Wildman–Crippen MR) is 48.7 cm³/mol. The maximum Gasteiger partial charge on any atom is 0.248 e. The summed E-state index contributed by atoms with van der Waals surface area (Å²) in [4.78, 5) is 11.0. The Morgan fingerprint density at radius 1 is 1.33 bits per heavy atom. The fourth-order valence-electron chi connectivity index (χ4n) is 0.550. The van der Waals surface area contributed by atoms with Crippen LogP contribution in [0.4, 0.5) is 0 Å². The summed E-state index contributed by atoms with van der Waals surface area (Å²) in [5.41, 5.74) is 0.0323. The Labute approximate surface area is 74.2 Å². The molecule has 0 aliphatic carbocycles. The zero-order valence-electron chi connectivity index (χ0n) is 8.51. The van der Waals surface area contributed by atoms with Crippen LogP contribution in [0.2, 0.25) is 0 Å². The van der Waals surface area contributed by atoms with Crippen LogP contribution in [0.5, 0.6) is 0 Å². The van der Waals surface area contributed by atoms with E-state index in [9.17, 15) is 4.79 Å². The van der Waals surface area contributed by atoms with Gasteiger partial charge in [-0.15, -0.1) is 0 Å². The van der Waals surface area contributed by atoms with Crippen LogP contribution >= 0.6 is 0 Å². The molecule has 2 N–H and O–H groups in total. The van der Waals surface area contributed by atoms with Crippen molar-refractivity contribution in [2.75, 3.05) is 0 Å². The van der Waals surface area contributed by atoms with Crippen molar-refractivity contribution in [2.45, 2.75) is 46.8 Å². The van der Waals surface area contributed by atoms with E-state index >= 15 is 0 Å². The Kier molecular flexibility index (Phi) is 3.71. The smallest absolute Gasteiger partial charge is 0.248 e. The summed E-state index contributed by atoms with van der Waals surface area (Å²) in [7, 11) is 0. The minimum absolute atomic E-state index is 0.0323. The third kappa shape index (κ3) is 3.72. The number of carbonyl (C=O) groups is 1. The van der Waals surface area contributed by atoms with Gasteiger partial charge in [-0.3, -0.25) is 4.79 Å². The summed E-state index contributed by atoms with van der Waals surface area (Å²) in [5, 5.41) is 11.7. The van der Waals surface area contributed by atoms with E-state index in [0.717, 1.165) is 0 Å². The fourth-order valence-corrected chi connectivity index (χ4v) is 0.550. The van der Waals surface area contributed by atoms with Gasteiger partial charge in [0.25, 0.3) is 0 Å². The number of carbonyl (C=O) groups excluding carboxylic acids is 1. The first kappa shape index (κ1) is 11.4. The standard InChI is InChI=1S/C9H19NO2/c1-6(11)8(12)10-7(2)9(3,4)5/h6-7,11H,1-5H3,(H,10,12)/t6-,7+/m1/s1. The molecule has 0 aromatic heterocycles. The highest BCUT2D eigenvalue weighted by Gasteiger charge is 2.22. The lowest BCUT2D eigenvalue weighted by Crippen LogP contribution is -2.45. The number of rotatable bonds is 2. The lowest BCUT2D eigenvalue weighted by Gasteiger charge is -2.28. The molecule has 2 atom stereocenters. The third-order valence-electron chi connectivity index (χ3n) is 2.04. The molecule has 0 radical (unpaired) electrons. The summed E-state index contributed by atoms with van der Waals surface area (Å²) >= 11 is 0. The van der Waals surface area contributed by atoms with Crippen LogP contribution in [0.1, 0.15) is 34.6 Å². The summed E-state index contributed by atoms with van der Waals surface area (Å²) in [5.74, 6) is -0.308. The van der Waals surface area contributed by atoms with Gasteiger partial charge in [0.2, 0.25) is 5.91 Å². The van der Waals surface area contributed by atoms with Gasteiger partial charge in [-0.25, -0.2) is 0 Å². The van der Waals surface area contributed by atoms with Gasteiger partial charge >= 0.3 is 0 Å². The molecule has 0 rings (SSSR count). The summed E-state index contributed by atoms with van der Waals surface area (Å²) in [6.07, 6.45) is -0.921. The van der Waals surface area contributed by atoms with Crippen LogP contribution in [-0.2, 0) is 4.79 Å². The van der Waals surface area contributed by atoms with Gasteiger partial charge in [-0.05, 0) is 19.3 Å². The molecule has 0 bridgehead atoms. The molecule has 72 valence electrons. The van der Waals surface area contributed by atoms with E-state index < -0.39 is 6.10 Å². The van der Waals surface area contributed by atoms with Crippen LogP contribution in [0.15, 0.2) is 0 Å². The molecular weight excluding hydrogens is 154 g/mol. The maximum atomic E-state index is 11.0. The van der Waals surface area contributed by atoms with Gasteiger partial charge in [0, 0.05) is 6.04 Å². The van der Waals surface area contributed by atoms with Crippen molar-refractivity contribution in [3.05, 3.63) is 0 Å². The quantitative estimate of drug-likeness (QED) is 0.652. The normalized spacial score (nSPS) is 16.8. The fraction of sp³-hybridized carbons (Fsp3) is 0.889. The maximum absolute atomic E-state index is 11.0. The molecule has 0 heterocycles. The van der Waals surface area contributed by atoms with E-state index in [2.05, 4.69) is 5.32 Å². The Balaban J connectivity index is 4.02. The monoisotopic (exact) mass is 173 g/mol. The molecule has 0 unspecified atom stereocenters. The molecule has 0 aliphatic rings. The van der Waals surface area contributed by atoms with E-state index in [1.54, 1.807) is 0 Å². The minimum Gasteiger partial charge on any atom is -0.384 e. The molecule has 1 amide bonds. The Hall–Kier alpha value is -0.570. The van der Waals surface area contributed by atoms with E-state index in [1.807, 2.05) is 27.7 Å². The number of aliphatic hydroxyl groups excluding tert-OH is 1. The predicted octanol–water partition coefficient (Wildman–Crippen LogP) is 0.918. The van der Waals surface area contributed by atoms with E-state index in [4.69, 9.17) is 5.11 Å². The topological polar surface area (TPSA) is 49.3 Å². The highest BCUT2D eigenvalue weighted by molar-refractivity contribution is 5.80. The molecule has 12 heavy (non-hydrogen) atoms. The first-order chi connectivity index (χ1) is 5.25. The molecule has 0 fully saturated rings. The van der Waals surface area contributed by atoms with Crippen LogP contribution in [0, 0.1) is 5.41 Å². The van der Waals surface area contributed by atoms with Crippen molar-refractivity contribution < 1.29 is 9.90 Å². The minimum atomic E-state index is -0.921. The average Bonchev–Trinajstić information content (AvgIpc) is 1.85. The van der Waals surface area contributed by atoms with Crippen molar-refractivity contribution in [1.82, 2.24) is 5.32 Å². The molecule has 0 aliphatic heterocycles. The second kappa shape index (κ2) is 3.90. The van der Waals surface area contributed by atoms with Gasteiger partial charge in [0.05, 0.1) is 0 Å². The molecule has 0 aromatic rings. The number of amides is 1. The van der Waals surface area contributed by atoms with Crippen LogP contribution in [0.25, 0.3) is 0 Å². The second-order valence-electron chi connectivity index (χ2n) is 4.27. The highest BCUT2D eigenvalue weighted by atomic mass is 16.3. The van der Waals surface area contributed by atoms with E-state index in [1.165, 1.54) is 6.92 Å². The van der Waals surface area contributed by atoms with Gasteiger partial charge in [0.1, 0.15) is 6.10 Å². The van der Waals surface area contributed by atoms with Gasteiger partial charge < -0.3 is 10.4 Å². The highest BCUT2D eigenvalue weighted by Crippen LogP contribution is 2.18. The van der Waals surface area contributed by atoms with Crippen molar-refractivity contribution >= 4 is 5.91 Å². The third-order valence-corrected chi connectivity index (χ3v) is 2.04. The first-order valence-electron chi connectivity index (χ1n) is 4.23.